The smallest absolute Gasteiger partial charge is 0.0962 e. The Kier molecular flexibility index (Phi) is 6.73. The molecule has 0 fully saturated rings. The molecule has 0 radical (unpaired) electrons. The van der Waals surface area contributed by atoms with E-state index in [2.05, 4.69) is 30.1 Å². The summed E-state index contributed by atoms with van der Waals surface area (Å²) in [4.78, 5) is 2.32. The fourth-order valence-corrected chi connectivity index (χ4v) is 1.12. The predicted octanol–water partition coefficient (Wildman–Crippen LogP) is 0.830. The van der Waals surface area contributed by atoms with Crippen molar-refractivity contribution in [3.05, 3.63) is 0 Å². The zero-order valence-corrected chi connectivity index (χ0v) is 8.30. The van der Waals surface area contributed by atoms with Crippen molar-refractivity contribution in [3.63, 3.8) is 0 Å². The second-order valence-electron chi connectivity index (χ2n) is 2.79. The molecule has 0 rings (SSSR count). The minimum atomic E-state index is 0.00519. The highest BCUT2D eigenvalue weighted by Gasteiger charge is 2.05. The van der Waals surface area contributed by atoms with E-state index < -0.39 is 0 Å². The lowest BCUT2D eigenvalue weighted by Crippen LogP contribution is -2.31. The van der Waals surface area contributed by atoms with Crippen molar-refractivity contribution in [1.82, 2.24) is 10.2 Å². The molecule has 3 heteroatoms. The molecule has 0 aromatic rings. The molecule has 0 aliphatic rings. The topological polar surface area (TPSA) is 39.1 Å². The molecule has 0 saturated carbocycles. The van der Waals surface area contributed by atoms with Crippen molar-refractivity contribution in [2.24, 2.45) is 0 Å². The van der Waals surface area contributed by atoms with Gasteiger partial charge in [0.1, 0.15) is 0 Å². The largest absolute Gasteiger partial charge is 0.305 e. The Morgan fingerprint density at radius 2 is 2.00 bits per heavy atom. The zero-order valence-electron chi connectivity index (χ0n) is 8.30. The van der Waals surface area contributed by atoms with E-state index in [4.69, 9.17) is 5.26 Å². The molecular weight excluding hydrogens is 150 g/mol. The van der Waals surface area contributed by atoms with Crippen LogP contribution in [-0.4, -0.2) is 37.6 Å². The molecule has 3 nitrogen and oxygen atoms in total. The van der Waals surface area contributed by atoms with Crippen LogP contribution in [0.5, 0.6) is 0 Å². The molecular formula is C9H19N3. The zero-order chi connectivity index (χ0) is 9.40. The highest BCUT2D eigenvalue weighted by molar-refractivity contribution is 4.88. The molecule has 0 aromatic carbocycles. The Hall–Kier alpha value is -0.590. The summed E-state index contributed by atoms with van der Waals surface area (Å²) in [5, 5.41) is 11.6. The van der Waals surface area contributed by atoms with Gasteiger partial charge in [0.05, 0.1) is 12.1 Å². The van der Waals surface area contributed by atoms with Gasteiger partial charge in [-0.05, 0) is 26.6 Å². The van der Waals surface area contributed by atoms with Gasteiger partial charge in [0.25, 0.3) is 0 Å². The number of hydrogen-bond donors (Lipinski definition) is 1. The summed E-state index contributed by atoms with van der Waals surface area (Å²) in [5.74, 6) is 0. The molecule has 12 heavy (non-hydrogen) atoms. The van der Waals surface area contributed by atoms with Crippen molar-refractivity contribution < 1.29 is 0 Å². The third-order valence-corrected chi connectivity index (χ3v) is 2.13. The van der Waals surface area contributed by atoms with Crippen molar-refractivity contribution in [2.45, 2.75) is 26.3 Å². The fraction of sp³-hybridized carbons (Fsp3) is 0.889. The van der Waals surface area contributed by atoms with Crippen LogP contribution in [-0.2, 0) is 0 Å². The molecule has 0 bridgehead atoms. The Morgan fingerprint density at radius 1 is 1.42 bits per heavy atom. The molecule has 0 aliphatic heterocycles. The van der Waals surface area contributed by atoms with Gasteiger partial charge in [0.15, 0.2) is 0 Å². The fourth-order valence-electron chi connectivity index (χ4n) is 1.12. The van der Waals surface area contributed by atoms with E-state index in [0.717, 1.165) is 26.1 Å². The van der Waals surface area contributed by atoms with Crippen molar-refractivity contribution in [2.75, 3.05) is 26.7 Å². The van der Waals surface area contributed by atoms with E-state index >= 15 is 0 Å². The summed E-state index contributed by atoms with van der Waals surface area (Å²) in [7, 11) is 1.83. The molecule has 1 unspecified atom stereocenters. The highest BCUT2D eigenvalue weighted by atomic mass is 15.1. The molecule has 0 heterocycles. The van der Waals surface area contributed by atoms with Crippen LogP contribution in [0, 0.1) is 11.3 Å². The Morgan fingerprint density at radius 3 is 2.33 bits per heavy atom. The maximum atomic E-state index is 8.65. The highest BCUT2D eigenvalue weighted by Crippen LogP contribution is 1.94. The van der Waals surface area contributed by atoms with Crippen LogP contribution in [0.2, 0.25) is 0 Å². The van der Waals surface area contributed by atoms with Gasteiger partial charge in [0, 0.05) is 6.54 Å². The van der Waals surface area contributed by atoms with Crippen LogP contribution in [0.1, 0.15) is 20.3 Å². The number of rotatable bonds is 6. The monoisotopic (exact) mass is 169 g/mol. The molecule has 0 aliphatic carbocycles. The molecule has 0 amide bonds. The summed E-state index contributed by atoms with van der Waals surface area (Å²) in [6.45, 7) is 7.43. The Balaban J connectivity index is 3.58. The summed E-state index contributed by atoms with van der Waals surface area (Å²) in [6.07, 6.45) is 0.911. The van der Waals surface area contributed by atoms with Gasteiger partial charge < -0.3 is 10.2 Å². The lowest BCUT2D eigenvalue weighted by atomic mass is 10.2. The van der Waals surface area contributed by atoms with E-state index in [1.807, 2.05) is 7.05 Å². The first kappa shape index (κ1) is 11.4. The quantitative estimate of drug-likeness (QED) is 0.640. The van der Waals surface area contributed by atoms with Crippen LogP contribution < -0.4 is 5.32 Å². The minimum absolute atomic E-state index is 0.00519. The molecule has 0 aromatic heterocycles. The SMILES string of the molecule is CCN(CC)CCC(C#N)NC. The second kappa shape index (κ2) is 7.08. The minimum Gasteiger partial charge on any atom is -0.305 e. The first-order valence-corrected chi connectivity index (χ1v) is 4.57. The lowest BCUT2D eigenvalue weighted by Gasteiger charge is -2.19. The van der Waals surface area contributed by atoms with Gasteiger partial charge in [-0.1, -0.05) is 13.8 Å². The summed E-state index contributed by atoms with van der Waals surface area (Å²) < 4.78 is 0. The third-order valence-electron chi connectivity index (χ3n) is 2.13. The number of hydrogen-bond acceptors (Lipinski definition) is 3. The molecule has 1 atom stereocenters. The van der Waals surface area contributed by atoms with Gasteiger partial charge in [0.2, 0.25) is 0 Å². The average molecular weight is 169 g/mol. The van der Waals surface area contributed by atoms with Gasteiger partial charge >= 0.3 is 0 Å². The standard InChI is InChI=1S/C9H19N3/c1-4-12(5-2)7-6-9(8-10)11-3/h9,11H,4-7H2,1-3H3. The molecule has 70 valence electrons. The summed E-state index contributed by atoms with van der Waals surface area (Å²) in [6, 6.07) is 2.22. The van der Waals surface area contributed by atoms with E-state index in [9.17, 15) is 0 Å². The van der Waals surface area contributed by atoms with Crippen LogP contribution in [0.3, 0.4) is 0 Å². The number of nitriles is 1. The normalized spacial score (nSPS) is 12.9. The Labute approximate surface area is 75.4 Å². The maximum Gasteiger partial charge on any atom is 0.0962 e. The molecule has 0 spiro atoms. The van der Waals surface area contributed by atoms with Gasteiger partial charge in [-0.15, -0.1) is 0 Å². The van der Waals surface area contributed by atoms with Crippen molar-refractivity contribution in [3.8, 4) is 6.07 Å². The maximum absolute atomic E-state index is 8.65. The summed E-state index contributed by atoms with van der Waals surface area (Å²) in [5.41, 5.74) is 0. The van der Waals surface area contributed by atoms with Crippen LogP contribution >= 0.6 is 0 Å². The van der Waals surface area contributed by atoms with Gasteiger partial charge in [-0.25, -0.2) is 0 Å². The number of nitrogens with one attached hydrogen (secondary N) is 1. The van der Waals surface area contributed by atoms with Crippen LogP contribution in [0.15, 0.2) is 0 Å². The average Bonchev–Trinajstić information content (AvgIpc) is 2.13. The van der Waals surface area contributed by atoms with E-state index in [1.54, 1.807) is 0 Å². The van der Waals surface area contributed by atoms with E-state index in [0.29, 0.717) is 0 Å². The first-order valence-electron chi connectivity index (χ1n) is 4.57. The summed E-state index contributed by atoms with van der Waals surface area (Å²) >= 11 is 0. The first-order chi connectivity index (χ1) is 5.78. The van der Waals surface area contributed by atoms with Gasteiger partial charge in [-0.2, -0.15) is 5.26 Å². The van der Waals surface area contributed by atoms with E-state index in [1.165, 1.54) is 0 Å². The van der Waals surface area contributed by atoms with E-state index in [-0.39, 0.29) is 6.04 Å². The van der Waals surface area contributed by atoms with Crippen molar-refractivity contribution in [1.29, 1.82) is 5.26 Å². The predicted molar refractivity (Wildman–Crippen MR) is 50.9 cm³/mol. The van der Waals surface area contributed by atoms with Crippen molar-refractivity contribution >= 4 is 0 Å². The van der Waals surface area contributed by atoms with Crippen LogP contribution in [0.4, 0.5) is 0 Å². The number of nitrogens with zero attached hydrogens (tertiary/aromatic N) is 2. The Bertz CT molecular complexity index is 135. The third kappa shape index (κ3) is 4.32. The molecule has 0 saturated heterocycles. The second-order valence-corrected chi connectivity index (χ2v) is 2.79. The lowest BCUT2D eigenvalue weighted by molar-refractivity contribution is 0.292. The van der Waals surface area contributed by atoms with Gasteiger partial charge in [-0.3, -0.25) is 0 Å². The molecule has 1 N–H and O–H groups in total. The van der Waals surface area contributed by atoms with Crippen LogP contribution in [0.25, 0.3) is 0 Å².